The van der Waals surface area contributed by atoms with E-state index in [1.807, 2.05) is 18.2 Å². The summed E-state index contributed by atoms with van der Waals surface area (Å²) >= 11 is 0. The lowest BCUT2D eigenvalue weighted by Crippen LogP contribution is -2.42. The smallest absolute Gasteiger partial charge is 0.279 e. The molecule has 0 saturated heterocycles. The third-order valence-electron chi connectivity index (χ3n) is 3.79. The van der Waals surface area contributed by atoms with E-state index >= 15 is 0 Å². The zero-order chi connectivity index (χ0) is 15.5. The quantitative estimate of drug-likeness (QED) is 0.762. The number of hydrogen-bond acceptors (Lipinski definition) is 4. The molecule has 0 radical (unpaired) electrons. The molecule has 0 spiro atoms. The molecule has 1 aliphatic rings. The van der Waals surface area contributed by atoms with Crippen molar-refractivity contribution in [1.29, 1.82) is 0 Å². The number of methoxy groups -OCH3 is 1. The van der Waals surface area contributed by atoms with Gasteiger partial charge < -0.3 is 10.5 Å². The van der Waals surface area contributed by atoms with Crippen LogP contribution >= 0.6 is 12.4 Å². The van der Waals surface area contributed by atoms with Gasteiger partial charge >= 0.3 is 0 Å². The number of fused-ring (bicyclic) bond motifs is 1. The molecule has 1 aliphatic carbocycles. The second-order valence-corrected chi connectivity index (χ2v) is 7.15. The highest BCUT2D eigenvalue weighted by molar-refractivity contribution is 7.87. The lowest BCUT2D eigenvalue weighted by atomic mass is 9.88. The molecule has 2 rings (SSSR count). The summed E-state index contributed by atoms with van der Waals surface area (Å²) in [5.74, 6) is 0. The highest BCUT2D eigenvalue weighted by atomic mass is 35.5. The summed E-state index contributed by atoms with van der Waals surface area (Å²) in [5.41, 5.74) is 8.67. The molecule has 3 N–H and O–H groups in total. The predicted molar refractivity (Wildman–Crippen MR) is 90.3 cm³/mol. The van der Waals surface area contributed by atoms with E-state index in [4.69, 9.17) is 10.5 Å². The molecule has 1 aromatic carbocycles. The molecular weight excluding hydrogens is 326 g/mol. The number of likely N-dealkylation sites (N-methyl/N-ethyl adjacent to an activating group) is 1. The number of aryl methyl sites for hydroxylation is 1. The van der Waals surface area contributed by atoms with Crippen LogP contribution in [0.3, 0.4) is 0 Å². The molecule has 6 nitrogen and oxygen atoms in total. The fraction of sp³-hybridized carbons (Fsp3) is 0.571. The van der Waals surface area contributed by atoms with Gasteiger partial charge in [0, 0.05) is 32.4 Å². The van der Waals surface area contributed by atoms with Crippen molar-refractivity contribution in [2.45, 2.75) is 25.3 Å². The second kappa shape index (κ2) is 8.12. The molecule has 126 valence electrons. The molecule has 0 bridgehead atoms. The number of nitrogen functional groups attached to an aromatic ring is 1. The van der Waals surface area contributed by atoms with Crippen molar-refractivity contribution >= 4 is 28.3 Å². The number of halogens is 1. The Balaban J connectivity index is 0.00000242. The summed E-state index contributed by atoms with van der Waals surface area (Å²) in [6, 6.07) is 5.49. The molecule has 22 heavy (non-hydrogen) atoms. The van der Waals surface area contributed by atoms with E-state index in [1.54, 1.807) is 14.2 Å². The van der Waals surface area contributed by atoms with Crippen LogP contribution in [0.2, 0.25) is 0 Å². The first kappa shape index (κ1) is 19.2. The van der Waals surface area contributed by atoms with Gasteiger partial charge in [0.2, 0.25) is 0 Å². The van der Waals surface area contributed by atoms with Crippen molar-refractivity contribution in [3.05, 3.63) is 29.3 Å². The van der Waals surface area contributed by atoms with Crippen LogP contribution < -0.4 is 10.5 Å². The van der Waals surface area contributed by atoms with E-state index in [-0.39, 0.29) is 18.4 Å². The van der Waals surface area contributed by atoms with Gasteiger partial charge in [-0.3, -0.25) is 0 Å². The molecule has 0 amide bonds. The maximum atomic E-state index is 12.3. The minimum atomic E-state index is -3.51. The topological polar surface area (TPSA) is 84.7 Å². The maximum Gasteiger partial charge on any atom is 0.279 e. The molecule has 0 aromatic heterocycles. The number of nitrogens with two attached hydrogens (primary N) is 1. The van der Waals surface area contributed by atoms with Crippen LogP contribution in [0.15, 0.2) is 18.2 Å². The number of nitrogens with one attached hydrogen (secondary N) is 1. The van der Waals surface area contributed by atoms with Crippen LogP contribution in [0.4, 0.5) is 5.69 Å². The van der Waals surface area contributed by atoms with Gasteiger partial charge in [0.25, 0.3) is 10.2 Å². The summed E-state index contributed by atoms with van der Waals surface area (Å²) in [6.07, 6.45) is 2.69. The normalized spacial score (nSPS) is 17.9. The summed E-state index contributed by atoms with van der Waals surface area (Å²) in [5, 5.41) is 0. The van der Waals surface area contributed by atoms with Crippen LogP contribution in [0.1, 0.15) is 30.0 Å². The van der Waals surface area contributed by atoms with Gasteiger partial charge in [0.15, 0.2) is 0 Å². The van der Waals surface area contributed by atoms with Crippen molar-refractivity contribution < 1.29 is 13.2 Å². The van der Waals surface area contributed by atoms with Gasteiger partial charge in [-0.05, 0) is 42.5 Å². The zero-order valence-electron chi connectivity index (χ0n) is 12.9. The van der Waals surface area contributed by atoms with Crippen molar-refractivity contribution in [3.8, 4) is 0 Å². The minimum Gasteiger partial charge on any atom is -0.399 e. The Kier molecular flexibility index (Phi) is 7.08. The SMILES string of the molecule is COCCN(C)S(=O)(=O)NC1CCCc2cc(N)ccc21.Cl. The number of anilines is 1. The van der Waals surface area contributed by atoms with Gasteiger partial charge in [-0.1, -0.05) is 6.07 Å². The fourth-order valence-electron chi connectivity index (χ4n) is 2.57. The molecule has 0 saturated carbocycles. The average molecular weight is 350 g/mol. The lowest BCUT2D eigenvalue weighted by molar-refractivity contribution is 0.184. The van der Waals surface area contributed by atoms with Crippen molar-refractivity contribution in [2.24, 2.45) is 0 Å². The van der Waals surface area contributed by atoms with Crippen LogP contribution in [-0.2, 0) is 21.4 Å². The molecule has 1 aromatic rings. The van der Waals surface area contributed by atoms with E-state index in [1.165, 1.54) is 4.31 Å². The van der Waals surface area contributed by atoms with E-state index in [9.17, 15) is 8.42 Å². The Labute approximate surface area is 138 Å². The minimum absolute atomic E-state index is 0. The summed E-state index contributed by atoms with van der Waals surface area (Å²) < 4.78 is 33.6. The highest BCUT2D eigenvalue weighted by Gasteiger charge is 2.27. The Morgan fingerprint density at radius 3 is 2.86 bits per heavy atom. The molecule has 0 fully saturated rings. The van der Waals surface area contributed by atoms with Crippen molar-refractivity contribution in [1.82, 2.24) is 9.03 Å². The molecule has 0 heterocycles. The number of hydrogen-bond donors (Lipinski definition) is 2. The third kappa shape index (κ3) is 4.57. The number of benzene rings is 1. The first-order valence-electron chi connectivity index (χ1n) is 7.05. The average Bonchev–Trinajstić information content (AvgIpc) is 2.44. The van der Waals surface area contributed by atoms with Gasteiger partial charge in [0.05, 0.1) is 6.61 Å². The van der Waals surface area contributed by atoms with Gasteiger partial charge in [-0.15, -0.1) is 12.4 Å². The molecule has 0 aliphatic heterocycles. The third-order valence-corrected chi connectivity index (χ3v) is 5.38. The Morgan fingerprint density at radius 1 is 1.45 bits per heavy atom. The Bertz CT molecular complexity index is 595. The maximum absolute atomic E-state index is 12.3. The number of ether oxygens (including phenoxy) is 1. The fourth-order valence-corrected chi connectivity index (χ4v) is 3.67. The Morgan fingerprint density at radius 2 is 2.18 bits per heavy atom. The van der Waals surface area contributed by atoms with E-state index < -0.39 is 10.2 Å². The first-order chi connectivity index (χ1) is 9.94. The number of nitrogens with zero attached hydrogens (tertiary/aromatic N) is 1. The summed E-state index contributed by atoms with van der Waals surface area (Å²) in [7, 11) is -0.412. The van der Waals surface area contributed by atoms with Crippen molar-refractivity contribution in [3.63, 3.8) is 0 Å². The summed E-state index contributed by atoms with van der Waals surface area (Å²) in [4.78, 5) is 0. The predicted octanol–water partition coefficient (Wildman–Crippen LogP) is 1.48. The van der Waals surface area contributed by atoms with Crippen LogP contribution in [-0.4, -0.2) is 40.0 Å². The van der Waals surface area contributed by atoms with Crippen LogP contribution in [0.25, 0.3) is 0 Å². The van der Waals surface area contributed by atoms with Crippen LogP contribution in [0.5, 0.6) is 0 Å². The van der Waals surface area contributed by atoms with Crippen LogP contribution in [0, 0.1) is 0 Å². The lowest BCUT2D eigenvalue weighted by Gasteiger charge is -2.28. The summed E-state index contributed by atoms with van der Waals surface area (Å²) in [6.45, 7) is 0.697. The first-order valence-corrected chi connectivity index (χ1v) is 8.49. The highest BCUT2D eigenvalue weighted by Crippen LogP contribution is 2.31. The van der Waals surface area contributed by atoms with Gasteiger partial charge in [0.1, 0.15) is 0 Å². The standard InChI is InChI=1S/C14H23N3O3S.ClH/c1-17(8-9-20-2)21(18,19)16-14-5-3-4-11-10-12(15)6-7-13(11)14;/h6-7,10,14,16H,3-5,8-9,15H2,1-2H3;1H. The monoisotopic (exact) mass is 349 g/mol. The Hall–Kier alpha value is -0.860. The zero-order valence-corrected chi connectivity index (χ0v) is 14.5. The van der Waals surface area contributed by atoms with E-state index in [2.05, 4.69) is 4.72 Å². The molecule has 8 heteroatoms. The molecular formula is C14H24ClN3O3S. The van der Waals surface area contributed by atoms with Gasteiger partial charge in [-0.25, -0.2) is 0 Å². The number of rotatable bonds is 6. The van der Waals surface area contributed by atoms with E-state index in [0.717, 1.165) is 36.1 Å². The van der Waals surface area contributed by atoms with E-state index in [0.29, 0.717) is 13.2 Å². The molecule has 1 unspecified atom stereocenters. The molecule has 1 atom stereocenters. The second-order valence-electron chi connectivity index (χ2n) is 5.34. The largest absolute Gasteiger partial charge is 0.399 e. The van der Waals surface area contributed by atoms with Gasteiger partial charge in [-0.2, -0.15) is 17.4 Å². The van der Waals surface area contributed by atoms with Crippen molar-refractivity contribution in [2.75, 3.05) is 33.0 Å².